The topological polar surface area (TPSA) is 52.8 Å². The van der Waals surface area contributed by atoms with Crippen LogP contribution in [0.1, 0.15) is 22.8 Å². The maximum atomic E-state index is 13.0. The molecule has 0 saturated carbocycles. The maximum Gasteiger partial charge on any atom is 0.283 e. The third-order valence-corrected chi connectivity index (χ3v) is 6.14. The predicted octanol–water partition coefficient (Wildman–Crippen LogP) is 4.39. The van der Waals surface area contributed by atoms with Crippen molar-refractivity contribution in [1.29, 1.82) is 0 Å². The summed E-state index contributed by atoms with van der Waals surface area (Å²) in [6.07, 6.45) is 3.05. The fourth-order valence-electron chi connectivity index (χ4n) is 2.95. The highest BCUT2D eigenvalue weighted by atomic mass is 32.2. The molecule has 1 amide bonds. The fraction of sp³-hybridized carbons (Fsp3) is 0.333. The number of aromatic nitrogens is 1. The van der Waals surface area contributed by atoms with Gasteiger partial charge in [0, 0.05) is 12.3 Å². The van der Waals surface area contributed by atoms with Crippen LogP contribution in [-0.4, -0.2) is 36.7 Å². The largest absolute Gasteiger partial charge is 0.497 e. The first kappa shape index (κ1) is 20.5. The molecule has 1 heterocycles. The second-order valence-corrected chi connectivity index (χ2v) is 8.16. The number of amides is 1. The molecule has 0 bridgehead atoms. The summed E-state index contributed by atoms with van der Waals surface area (Å²) in [7, 11) is 3.11. The summed E-state index contributed by atoms with van der Waals surface area (Å²) in [6, 6.07) is 11.6. The molecule has 7 heteroatoms. The van der Waals surface area contributed by atoms with Gasteiger partial charge in [-0.05, 0) is 48.6 Å². The van der Waals surface area contributed by atoms with Gasteiger partial charge < -0.3 is 14.0 Å². The standard InChI is InChI=1S/C21H24N2O3S2/c1-5-14-6-8-17-19(12-14)28-21(23(17)10-11-27-4)22-20(24)16-13-15(25-2)7-9-18(16)26-3/h6-9,12-13H,5,10-11H2,1-4H3. The first-order valence-electron chi connectivity index (χ1n) is 9.03. The van der Waals surface area contributed by atoms with Crippen LogP contribution in [0, 0.1) is 0 Å². The molecule has 0 saturated heterocycles. The monoisotopic (exact) mass is 416 g/mol. The average Bonchev–Trinajstić information content (AvgIpc) is 3.07. The van der Waals surface area contributed by atoms with Crippen LogP contribution in [0.4, 0.5) is 0 Å². The number of rotatable bonds is 7. The number of fused-ring (bicyclic) bond motifs is 1. The van der Waals surface area contributed by atoms with Gasteiger partial charge in [-0.3, -0.25) is 4.79 Å². The Morgan fingerprint density at radius 2 is 2.00 bits per heavy atom. The molecule has 5 nitrogen and oxygen atoms in total. The van der Waals surface area contributed by atoms with E-state index in [0.717, 1.165) is 28.9 Å². The summed E-state index contributed by atoms with van der Waals surface area (Å²) in [5, 5.41) is 0. The van der Waals surface area contributed by atoms with Crippen LogP contribution in [-0.2, 0) is 13.0 Å². The minimum atomic E-state index is -0.337. The van der Waals surface area contributed by atoms with Crippen LogP contribution in [0.5, 0.6) is 11.5 Å². The number of aryl methyl sites for hydroxylation is 2. The quantitative estimate of drug-likeness (QED) is 0.573. The Kier molecular flexibility index (Phi) is 6.80. The zero-order valence-corrected chi connectivity index (χ0v) is 18.2. The summed E-state index contributed by atoms with van der Waals surface area (Å²) >= 11 is 3.32. The normalized spacial score (nSPS) is 11.8. The van der Waals surface area contributed by atoms with Gasteiger partial charge in [0.2, 0.25) is 0 Å². The molecule has 0 atom stereocenters. The van der Waals surface area contributed by atoms with E-state index < -0.39 is 0 Å². The lowest BCUT2D eigenvalue weighted by molar-refractivity contribution is 0.0994. The van der Waals surface area contributed by atoms with E-state index in [4.69, 9.17) is 9.47 Å². The van der Waals surface area contributed by atoms with Gasteiger partial charge in [0.1, 0.15) is 11.5 Å². The lowest BCUT2D eigenvalue weighted by Gasteiger charge is -2.08. The third-order valence-electron chi connectivity index (χ3n) is 4.51. The summed E-state index contributed by atoms with van der Waals surface area (Å²) in [6.45, 7) is 2.94. The highest BCUT2D eigenvalue weighted by Gasteiger charge is 2.15. The number of nitrogens with zero attached hydrogens (tertiary/aromatic N) is 2. The van der Waals surface area contributed by atoms with Crippen LogP contribution in [0.15, 0.2) is 41.4 Å². The zero-order valence-electron chi connectivity index (χ0n) is 16.5. The lowest BCUT2D eigenvalue weighted by atomic mass is 10.2. The number of thiazole rings is 1. The minimum absolute atomic E-state index is 0.337. The van der Waals surface area contributed by atoms with Crippen molar-refractivity contribution in [3.8, 4) is 11.5 Å². The molecule has 0 spiro atoms. The predicted molar refractivity (Wildman–Crippen MR) is 117 cm³/mol. The molecule has 3 aromatic rings. The van der Waals surface area contributed by atoms with Gasteiger partial charge in [0.15, 0.2) is 4.80 Å². The number of benzene rings is 2. The van der Waals surface area contributed by atoms with E-state index in [1.165, 1.54) is 5.56 Å². The van der Waals surface area contributed by atoms with Crippen LogP contribution in [0.3, 0.4) is 0 Å². The highest BCUT2D eigenvalue weighted by Crippen LogP contribution is 2.25. The maximum absolute atomic E-state index is 13.0. The Bertz CT molecular complexity index is 1050. The van der Waals surface area contributed by atoms with E-state index in [9.17, 15) is 4.79 Å². The van der Waals surface area contributed by atoms with Gasteiger partial charge in [-0.1, -0.05) is 24.3 Å². The Hall–Kier alpha value is -2.25. The molecule has 0 fully saturated rings. The van der Waals surface area contributed by atoms with Crippen molar-refractivity contribution in [3.63, 3.8) is 0 Å². The number of ether oxygens (including phenoxy) is 2. The third kappa shape index (κ3) is 4.25. The first-order valence-corrected chi connectivity index (χ1v) is 11.2. The SMILES string of the molecule is CCc1ccc2c(c1)sc(=NC(=O)c1cc(OC)ccc1OC)n2CCSC. The molecule has 3 rings (SSSR count). The minimum Gasteiger partial charge on any atom is -0.497 e. The summed E-state index contributed by atoms with van der Waals surface area (Å²) < 4.78 is 13.9. The van der Waals surface area contributed by atoms with Crippen molar-refractivity contribution in [1.82, 2.24) is 4.57 Å². The Morgan fingerprint density at radius 1 is 1.18 bits per heavy atom. The molecule has 0 radical (unpaired) electrons. The number of hydrogen-bond donors (Lipinski definition) is 0. The molecule has 0 aliphatic heterocycles. The molecule has 0 N–H and O–H groups in total. The molecule has 0 aliphatic carbocycles. The number of hydrogen-bond acceptors (Lipinski definition) is 5. The van der Waals surface area contributed by atoms with Gasteiger partial charge in [0.05, 0.1) is 30.0 Å². The molecule has 2 aromatic carbocycles. The summed E-state index contributed by atoms with van der Waals surface area (Å²) in [5.74, 6) is 1.69. The van der Waals surface area contributed by atoms with Crippen LogP contribution < -0.4 is 14.3 Å². The van der Waals surface area contributed by atoms with E-state index in [-0.39, 0.29) is 5.91 Å². The van der Waals surface area contributed by atoms with E-state index in [0.29, 0.717) is 21.9 Å². The summed E-state index contributed by atoms with van der Waals surface area (Å²) in [5.41, 5.74) is 2.78. The lowest BCUT2D eigenvalue weighted by Crippen LogP contribution is -2.18. The van der Waals surface area contributed by atoms with Crippen LogP contribution in [0.25, 0.3) is 10.2 Å². The Balaban J connectivity index is 2.13. The van der Waals surface area contributed by atoms with Crippen molar-refractivity contribution < 1.29 is 14.3 Å². The van der Waals surface area contributed by atoms with Crippen LogP contribution >= 0.6 is 23.1 Å². The van der Waals surface area contributed by atoms with Gasteiger partial charge >= 0.3 is 0 Å². The van der Waals surface area contributed by atoms with Crippen molar-refractivity contribution >= 4 is 39.2 Å². The van der Waals surface area contributed by atoms with E-state index in [1.807, 2.05) is 0 Å². The van der Waals surface area contributed by atoms with Gasteiger partial charge in [0.25, 0.3) is 5.91 Å². The second-order valence-electron chi connectivity index (χ2n) is 6.17. The molecule has 28 heavy (non-hydrogen) atoms. The van der Waals surface area contributed by atoms with Crippen LogP contribution in [0.2, 0.25) is 0 Å². The van der Waals surface area contributed by atoms with E-state index in [2.05, 4.69) is 40.9 Å². The molecule has 0 unspecified atom stereocenters. The number of carbonyl (C=O) groups is 1. The summed E-state index contributed by atoms with van der Waals surface area (Å²) in [4.78, 5) is 18.1. The van der Waals surface area contributed by atoms with Crippen molar-refractivity contribution in [2.45, 2.75) is 19.9 Å². The Morgan fingerprint density at radius 3 is 2.68 bits per heavy atom. The van der Waals surface area contributed by atoms with E-state index >= 15 is 0 Å². The fourth-order valence-corrected chi connectivity index (χ4v) is 4.43. The van der Waals surface area contributed by atoms with Crippen molar-refractivity contribution in [3.05, 3.63) is 52.3 Å². The highest BCUT2D eigenvalue weighted by molar-refractivity contribution is 7.98. The molecule has 0 aliphatic rings. The van der Waals surface area contributed by atoms with Crippen molar-refractivity contribution in [2.75, 3.05) is 26.2 Å². The molecular weight excluding hydrogens is 392 g/mol. The number of carbonyl (C=O) groups excluding carboxylic acids is 1. The average molecular weight is 417 g/mol. The zero-order chi connectivity index (χ0) is 20.1. The number of thioether (sulfide) groups is 1. The molecule has 1 aromatic heterocycles. The molecule has 148 valence electrons. The number of methoxy groups -OCH3 is 2. The van der Waals surface area contributed by atoms with Crippen molar-refractivity contribution in [2.24, 2.45) is 4.99 Å². The van der Waals surface area contributed by atoms with Gasteiger partial charge in [-0.15, -0.1) is 0 Å². The van der Waals surface area contributed by atoms with E-state index in [1.54, 1.807) is 55.5 Å². The smallest absolute Gasteiger partial charge is 0.283 e. The van der Waals surface area contributed by atoms with Gasteiger partial charge in [-0.25, -0.2) is 0 Å². The second kappa shape index (κ2) is 9.30. The molecular formula is C21H24N2O3S2. The van der Waals surface area contributed by atoms with Gasteiger partial charge in [-0.2, -0.15) is 16.8 Å². The Labute approximate surface area is 173 Å². The first-order chi connectivity index (χ1) is 13.6.